The molecule has 0 aliphatic heterocycles. The SMILES string of the molecule is CCc1ccc(-c2csc(NC(=O)c3cccnc3)c2C(=O)O)cc1. The first-order valence-electron chi connectivity index (χ1n) is 7.75. The van der Waals surface area contributed by atoms with E-state index in [1.807, 2.05) is 24.3 Å². The Labute approximate surface area is 149 Å². The minimum atomic E-state index is -1.07. The molecule has 3 aromatic rings. The first kappa shape index (κ1) is 16.9. The Kier molecular flexibility index (Phi) is 4.90. The molecule has 0 unspecified atom stereocenters. The molecule has 0 radical (unpaired) electrons. The summed E-state index contributed by atoms with van der Waals surface area (Å²) < 4.78 is 0. The topological polar surface area (TPSA) is 79.3 Å². The Balaban J connectivity index is 1.94. The largest absolute Gasteiger partial charge is 0.478 e. The van der Waals surface area contributed by atoms with Crippen LogP contribution in [0.3, 0.4) is 0 Å². The highest BCUT2D eigenvalue weighted by atomic mass is 32.1. The number of carboxylic acid groups (broad SMARTS) is 1. The number of pyridine rings is 1. The Morgan fingerprint density at radius 2 is 1.96 bits per heavy atom. The number of carboxylic acids is 1. The van der Waals surface area contributed by atoms with Gasteiger partial charge in [0.25, 0.3) is 5.91 Å². The van der Waals surface area contributed by atoms with Crippen LogP contribution in [0.15, 0.2) is 54.2 Å². The predicted octanol–water partition coefficient (Wildman–Crippen LogP) is 4.32. The molecular formula is C19H16N2O3S. The maximum Gasteiger partial charge on any atom is 0.339 e. The van der Waals surface area contributed by atoms with Crippen molar-refractivity contribution in [2.75, 3.05) is 5.32 Å². The van der Waals surface area contributed by atoms with Crippen LogP contribution in [0.2, 0.25) is 0 Å². The highest BCUT2D eigenvalue weighted by molar-refractivity contribution is 7.15. The van der Waals surface area contributed by atoms with Crippen LogP contribution in [0.4, 0.5) is 5.00 Å². The van der Waals surface area contributed by atoms with E-state index >= 15 is 0 Å². The zero-order valence-corrected chi connectivity index (χ0v) is 14.3. The number of aryl methyl sites for hydroxylation is 1. The third kappa shape index (κ3) is 3.59. The number of rotatable bonds is 5. The lowest BCUT2D eigenvalue weighted by molar-refractivity contribution is 0.0699. The molecule has 2 aromatic heterocycles. The van der Waals surface area contributed by atoms with Gasteiger partial charge in [0.05, 0.1) is 5.56 Å². The molecule has 0 saturated carbocycles. The summed E-state index contributed by atoms with van der Waals surface area (Å²) in [4.78, 5) is 27.9. The fraction of sp³-hybridized carbons (Fsp3) is 0.105. The zero-order chi connectivity index (χ0) is 17.8. The average molecular weight is 352 g/mol. The second-order valence-corrected chi connectivity index (χ2v) is 6.28. The van der Waals surface area contributed by atoms with Crippen molar-refractivity contribution in [3.63, 3.8) is 0 Å². The van der Waals surface area contributed by atoms with Gasteiger partial charge in [-0.2, -0.15) is 0 Å². The monoisotopic (exact) mass is 352 g/mol. The van der Waals surface area contributed by atoms with Gasteiger partial charge < -0.3 is 10.4 Å². The van der Waals surface area contributed by atoms with Crippen molar-refractivity contribution < 1.29 is 14.7 Å². The molecule has 0 bridgehead atoms. The van der Waals surface area contributed by atoms with Gasteiger partial charge in [0, 0.05) is 23.3 Å². The molecule has 0 spiro atoms. The van der Waals surface area contributed by atoms with E-state index in [1.165, 1.54) is 23.1 Å². The molecule has 6 heteroatoms. The highest BCUT2D eigenvalue weighted by Gasteiger charge is 2.21. The maximum absolute atomic E-state index is 12.3. The number of anilines is 1. The molecule has 25 heavy (non-hydrogen) atoms. The van der Waals surface area contributed by atoms with E-state index < -0.39 is 5.97 Å². The molecule has 2 heterocycles. The number of hydrogen-bond donors (Lipinski definition) is 2. The summed E-state index contributed by atoms with van der Waals surface area (Å²) in [6, 6.07) is 11.0. The van der Waals surface area contributed by atoms with Crippen LogP contribution in [0.1, 0.15) is 33.2 Å². The third-order valence-corrected chi connectivity index (χ3v) is 4.72. The van der Waals surface area contributed by atoms with Gasteiger partial charge in [-0.25, -0.2) is 4.79 Å². The molecule has 5 nitrogen and oxygen atoms in total. The van der Waals surface area contributed by atoms with E-state index in [9.17, 15) is 14.7 Å². The van der Waals surface area contributed by atoms with E-state index in [4.69, 9.17) is 0 Å². The van der Waals surface area contributed by atoms with E-state index in [0.717, 1.165) is 12.0 Å². The lowest BCUT2D eigenvalue weighted by Gasteiger charge is -2.06. The number of nitrogens with zero attached hydrogens (tertiary/aromatic N) is 1. The van der Waals surface area contributed by atoms with Gasteiger partial charge in [0.1, 0.15) is 10.6 Å². The van der Waals surface area contributed by atoms with Crippen molar-refractivity contribution >= 4 is 28.2 Å². The molecule has 1 aromatic carbocycles. The molecule has 126 valence electrons. The number of carbonyl (C=O) groups excluding carboxylic acids is 1. The van der Waals surface area contributed by atoms with Crippen molar-refractivity contribution in [2.45, 2.75) is 13.3 Å². The summed E-state index contributed by atoms with van der Waals surface area (Å²) >= 11 is 1.20. The van der Waals surface area contributed by atoms with Crippen molar-refractivity contribution in [3.8, 4) is 11.1 Å². The lowest BCUT2D eigenvalue weighted by atomic mass is 10.0. The lowest BCUT2D eigenvalue weighted by Crippen LogP contribution is -2.13. The van der Waals surface area contributed by atoms with Crippen molar-refractivity contribution in [2.24, 2.45) is 0 Å². The van der Waals surface area contributed by atoms with E-state index in [0.29, 0.717) is 16.1 Å². The second kappa shape index (κ2) is 7.27. The third-order valence-electron chi connectivity index (χ3n) is 3.83. The number of thiophene rings is 1. The molecule has 2 N–H and O–H groups in total. The van der Waals surface area contributed by atoms with Gasteiger partial charge in [0.2, 0.25) is 0 Å². The van der Waals surface area contributed by atoms with E-state index in [2.05, 4.69) is 17.2 Å². The number of amides is 1. The molecular weight excluding hydrogens is 336 g/mol. The number of hydrogen-bond acceptors (Lipinski definition) is 4. The minimum Gasteiger partial charge on any atom is -0.478 e. The highest BCUT2D eigenvalue weighted by Crippen LogP contribution is 2.36. The first-order chi connectivity index (χ1) is 12.1. The second-order valence-electron chi connectivity index (χ2n) is 5.40. The van der Waals surface area contributed by atoms with Crippen LogP contribution < -0.4 is 5.32 Å². The fourth-order valence-corrected chi connectivity index (χ4v) is 3.42. The van der Waals surface area contributed by atoms with Crippen LogP contribution >= 0.6 is 11.3 Å². The van der Waals surface area contributed by atoms with Gasteiger partial charge in [0.15, 0.2) is 0 Å². The Hall–Kier alpha value is -2.99. The number of aromatic carboxylic acids is 1. The number of nitrogens with one attached hydrogen (secondary N) is 1. The predicted molar refractivity (Wildman–Crippen MR) is 98.3 cm³/mol. The summed E-state index contributed by atoms with van der Waals surface area (Å²) in [7, 11) is 0. The maximum atomic E-state index is 12.3. The van der Waals surface area contributed by atoms with Crippen molar-refractivity contribution in [1.29, 1.82) is 0 Å². The van der Waals surface area contributed by atoms with Crippen LogP contribution in [0.5, 0.6) is 0 Å². The normalized spacial score (nSPS) is 10.4. The summed E-state index contributed by atoms with van der Waals surface area (Å²) in [5, 5.41) is 14.4. The smallest absolute Gasteiger partial charge is 0.339 e. The quantitative estimate of drug-likeness (QED) is 0.716. The van der Waals surface area contributed by atoms with E-state index in [1.54, 1.807) is 23.7 Å². The molecule has 0 atom stereocenters. The number of benzene rings is 1. The Morgan fingerprint density at radius 3 is 2.56 bits per heavy atom. The fourth-order valence-electron chi connectivity index (χ4n) is 2.47. The minimum absolute atomic E-state index is 0.103. The van der Waals surface area contributed by atoms with Crippen LogP contribution in [0, 0.1) is 0 Å². The summed E-state index contributed by atoms with van der Waals surface area (Å²) in [6.45, 7) is 2.06. The number of aromatic nitrogens is 1. The van der Waals surface area contributed by atoms with Gasteiger partial charge in [-0.1, -0.05) is 31.2 Å². The summed E-state index contributed by atoms with van der Waals surface area (Å²) in [5.74, 6) is -1.46. The van der Waals surface area contributed by atoms with Crippen LogP contribution in [0.25, 0.3) is 11.1 Å². The first-order valence-corrected chi connectivity index (χ1v) is 8.63. The van der Waals surface area contributed by atoms with Gasteiger partial charge in [-0.15, -0.1) is 11.3 Å². The number of carbonyl (C=O) groups is 2. The van der Waals surface area contributed by atoms with Crippen LogP contribution in [-0.4, -0.2) is 22.0 Å². The van der Waals surface area contributed by atoms with Gasteiger partial charge >= 0.3 is 5.97 Å². The molecule has 0 fully saturated rings. The summed E-state index contributed by atoms with van der Waals surface area (Å²) in [5.41, 5.74) is 3.07. The molecule has 0 aliphatic carbocycles. The Bertz CT molecular complexity index is 902. The van der Waals surface area contributed by atoms with Gasteiger partial charge in [-0.05, 0) is 29.7 Å². The van der Waals surface area contributed by atoms with Crippen LogP contribution in [-0.2, 0) is 6.42 Å². The molecule has 0 aliphatic rings. The molecule has 1 amide bonds. The van der Waals surface area contributed by atoms with Gasteiger partial charge in [-0.3, -0.25) is 9.78 Å². The molecule has 0 saturated heterocycles. The van der Waals surface area contributed by atoms with Crippen molar-refractivity contribution in [1.82, 2.24) is 4.98 Å². The van der Waals surface area contributed by atoms with Crippen molar-refractivity contribution in [3.05, 3.63) is 70.9 Å². The van der Waals surface area contributed by atoms with E-state index in [-0.39, 0.29) is 11.5 Å². The summed E-state index contributed by atoms with van der Waals surface area (Å²) in [6.07, 6.45) is 3.93. The Morgan fingerprint density at radius 1 is 1.20 bits per heavy atom. The standard InChI is InChI=1S/C19H16N2O3S/c1-2-12-5-7-13(8-6-12)15-11-25-18(16(15)19(23)24)21-17(22)14-4-3-9-20-10-14/h3-11H,2H2,1H3,(H,21,22)(H,23,24). The molecule has 3 rings (SSSR count). The zero-order valence-electron chi connectivity index (χ0n) is 13.5. The average Bonchev–Trinajstić information content (AvgIpc) is 3.06.